The molecule has 0 radical (unpaired) electrons. The lowest BCUT2D eigenvalue weighted by molar-refractivity contribution is 0.0658. The van der Waals surface area contributed by atoms with Crippen LogP contribution in [0.5, 0.6) is 0 Å². The molecule has 1 fully saturated rings. The van der Waals surface area contributed by atoms with Gasteiger partial charge in [-0.25, -0.2) is 4.98 Å². The minimum absolute atomic E-state index is 0.0601. The number of anilines is 1. The second-order valence-electron chi connectivity index (χ2n) is 6.67. The molecule has 5 heteroatoms. The number of benzene rings is 2. The summed E-state index contributed by atoms with van der Waals surface area (Å²) in [6.07, 6.45) is 4.83. The first-order valence-electron chi connectivity index (χ1n) is 9.02. The Bertz CT molecular complexity index is 844. The summed E-state index contributed by atoms with van der Waals surface area (Å²) in [7, 11) is 0. The van der Waals surface area contributed by atoms with Crippen LogP contribution in [0.25, 0.3) is 16.3 Å². The van der Waals surface area contributed by atoms with Crippen molar-refractivity contribution in [1.29, 1.82) is 0 Å². The summed E-state index contributed by atoms with van der Waals surface area (Å²) in [5.74, 6) is 0. The molecule has 0 bridgehead atoms. The second kappa shape index (κ2) is 7.99. The number of rotatable bonds is 5. The van der Waals surface area contributed by atoms with E-state index in [1.165, 1.54) is 10.3 Å². The van der Waals surface area contributed by atoms with E-state index in [0.29, 0.717) is 6.54 Å². The molecule has 0 aliphatic carbocycles. The first kappa shape index (κ1) is 17.2. The number of likely N-dealkylation sites (tertiary alicyclic amines) is 1. The SMILES string of the molecule is OC1CN(C/C=C\c2ccccc2)CCC1Nc1nc2ccccc2s1. The molecule has 2 aromatic carbocycles. The molecule has 0 saturated carbocycles. The van der Waals surface area contributed by atoms with Crippen LogP contribution in [0.3, 0.4) is 0 Å². The van der Waals surface area contributed by atoms with Crippen LogP contribution in [0.2, 0.25) is 0 Å². The number of hydrogen-bond donors (Lipinski definition) is 2. The summed E-state index contributed by atoms with van der Waals surface area (Å²) < 4.78 is 1.17. The summed E-state index contributed by atoms with van der Waals surface area (Å²) in [5.41, 5.74) is 2.22. The average Bonchev–Trinajstić information content (AvgIpc) is 3.07. The van der Waals surface area contributed by atoms with Gasteiger partial charge in [0.1, 0.15) is 0 Å². The highest BCUT2D eigenvalue weighted by molar-refractivity contribution is 7.22. The normalized spacial score (nSPS) is 21.4. The van der Waals surface area contributed by atoms with Gasteiger partial charge in [0, 0.05) is 19.6 Å². The van der Waals surface area contributed by atoms with E-state index in [9.17, 15) is 5.11 Å². The van der Waals surface area contributed by atoms with Crippen molar-refractivity contribution >= 4 is 32.8 Å². The highest BCUT2D eigenvalue weighted by Crippen LogP contribution is 2.27. The molecule has 2 unspecified atom stereocenters. The summed E-state index contributed by atoms with van der Waals surface area (Å²) in [6.45, 7) is 2.51. The van der Waals surface area contributed by atoms with Gasteiger partial charge in [0.15, 0.2) is 5.13 Å². The van der Waals surface area contributed by atoms with E-state index in [1.54, 1.807) is 11.3 Å². The van der Waals surface area contributed by atoms with Crippen molar-refractivity contribution in [3.05, 3.63) is 66.2 Å². The number of β-amino-alcohol motifs (C(OH)–C–C–N with tert-alkyl or cyclic N) is 1. The number of thiazole rings is 1. The summed E-state index contributed by atoms with van der Waals surface area (Å²) in [5, 5.41) is 14.9. The monoisotopic (exact) mass is 365 g/mol. The fraction of sp³-hybridized carbons (Fsp3) is 0.286. The molecule has 1 saturated heterocycles. The Morgan fingerprint density at radius 3 is 2.77 bits per heavy atom. The molecule has 2 atom stereocenters. The Morgan fingerprint density at radius 1 is 1.15 bits per heavy atom. The van der Waals surface area contributed by atoms with Gasteiger partial charge in [-0.05, 0) is 24.1 Å². The van der Waals surface area contributed by atoms with Crippen LogP contribution in [-0.2, 0) is 0 Å². The van der Waals surface area contributed by atoms with Crippen LogP contribution in [0.4, 0.5) is 5.13 Å². The average molecular weight is 366 g/mol. The Kier molecular flexibility index (Phi) is 5.29. The van der Waals surface area contributed by atoms with Gasteiger partial charge in [-0.2, -0.15) is 0 Å². The fourth-order valence-electron chi connectivity index (χ4n) is 3.33. The largest absolute Gasteiger partial charge is 0.390 e. The second-order valence-corrected chi connectivity index (χ2v) is 7.70. The first-order chi connectivity index (χ1) is 12.8. The summed E-state index contributed by atoms with van der Waals surface area (Å²) in [6, 6.07) is 18.5. The van der Waals surface area contributed by atoms with Gasteiger partial charge >= 0.3 is 0 Å². The predicted octanol–water partition coefficient (Wildman–Crippen LogP) is 3.86. The number of nitrogens with zero attached hydrogens (tertiary/aromatic N) is 2. The number of aliphatic hydroxyl groups is 1. The third-order valence-corrected chi connectivity index (χ3v) is 5.71. The zero-order valence-electron chi connectivity index (χ0n) is 14.6. The molecule has 134 valence electrons. The molecule has 26 heavy (non-hydrogen) atoms. The smallest absolute Gasteiger partial charge is 0.184 e. The van der Waals surface area contributed by atoms with Crippen molar-refractivity contribution in [3.8, 4) is 0 Å². The quantitative estimate of drug-likeness (QED) is 0.721. The van der Waals surface area contributed by atoms with Crippen LogP contribution in [0.1, 0.15) is 12.0 Å². The Balaban J connectivity index is 1.31. The zero-order chi connectivity index (χ0) is 17.8. The van der Waals surface area contributed by atoms with Crippen LogP contribution >= 0.6 is 11.3 Å². The maximum absolute atomic E-state index is 10.5. The topological polar surface area (TPSA) is 48.4 Å². The van der Waals surface area contributed by atoms with Crippen molar-refractivity contribution in [3.63, 3.8) is 0 Å². The third-order valence-electron chi connectivity index (χ3n) is 4.74. The van der Waals surface area contributed by atoms with E-state index in [2.05, 4.69) is 45.6 Å². The van der Waals surface area contributed by atoms with Crippen molar-refractivity contribution in [2.45, 2.75) is 18.6 Å². The number of hydrogen-bond acceptors (Lipinski definition) is 5. The first-order valence-corrected chi connectivity index (χ1v) is 9.84. The van der Waals surface area contributed by atoms with Crippen molar-refractivity contribution < 1.29 is 5.11 Å². The Morgan fingerprint density at radius 2 is 1.96 bits per heavy atom. The van der Waals surface area contributed by atoms with Gasteiger partial charge in [-0.3, -0.25) is 4.90 Å². The number of fused-ring (bicyclic) bond motifs is 1. The maximum atomic E-state index is 10.5. The molecule has 2 heterocycles. The lowest BCUT2D eigenvalue weighted by Crippen LogP contribution is -2.49. The summed E-state index contributed by atoms with van der Waals surface area (Å²) in [4.78, 5) is 6.91. The van der Waals surface area contributed by atoms with Gasteiger partial charge in [-0.15, -0.1) is 0 Å². The van der Waals surface area contributed by atoms with Crippen molar-refractivity contribution in [2.24, 2.45) is 0 Å². The van der Waals surface area contributed by atoms with Gasteiger partial charge in [0.2, 0.25) is 0 Å². The standard InChI is InChI=1S/C21H23N3OS/c25-19-15-24(13-6-9-16-7-2-1-3-8-16)14-12-17(19)22-21-23-18-10-4-5-11-20(18)26-21/h1-11,17,19,25H,12-15H2,(H,22,23)/b9-6-. The van der Waals surface area contributed by atoms with Gasteiger partial charge in [0.05, 0.1) is 22.4 Å². The number of aromatic nitrogens is 1. The molecule has 4 nitrogen and oxygen atoms in total. The van der Waals surface area contributed by atoms with Crippen LogP contribution in [0, 0.1) is 0 Å². The number of aliphatic hydroxyl groups excluding tert-OH is 1. The van der Waals surface area contributed by atoms with E-state index in [-0.39, 0.29) is 12.1 Å². The molecule has 1 aromatic heterocycles. The molecular weight excluding hydrogens is 342 g/mol. The highest BCUT2D eigenvalue weighted by Gasteiger charge is 2.27. The van der Waals surface area contributed by atoms with E-state index >= 15 is 0 Å². The molecule has 4 rings (SSSR count). The number of para-hydroxylation sites is 1. The van der Waals surface area contributed by atoms with Gasteiger partial charge in [0.25, 0.3) is 0 Å². The third kappa shape index (κ3) is 4.12. The zero-order valence-corrected chi connectivity index (χ0v) is 15.4. The number of nitrogens with one attached hydrogen (secondary N) is 1. The molecule has 0 amide bonds. The van der Waals surface area contributed by atoms with Crippen LogP contribution in [-0.4, -0.2) is 46.8 Å². The van der Waals surface area contributed by atoms with Crippen LogP contribution < -0.4 is 5.32 Å². The lowest BCUT2D eigenvalue weighted by atomic mass is 10.0. The van der Waals surface area contributed by atoms with Crippen LogP contribution in [0.15, 0.2) is 60.7 Å². The molecular formula is C21H23N3OS. The fourth-order valence-corrected chi connectivity index (χ4v) is 4.25. The molecule has 3 aromatic rings. The maximum Gasteiger partial charge on any atom is 0.184 e. The Hall–Kier alpha value is -2.21. The highest BCUT2D eigenvalue weighted by atomic mass is 32.1. The van der Waals surface area contributed by atoms with E-state index in [0.717, 1.165) is 30.2 Å². The molecule has 2 N–H and O–H groups in total. The molecule has 0 spiro atoms. The van der Waals surface area contributed by atoms with E-state index < -0.39 is 0 Å². The number of piperidine rings is 1. The minimum atomic E-state index is -0.388. The summed E-state index contributed by atoms with van der Waals surface area (Å²) >= 11 is 1.65. The van der Waals surface area contributed by atoms with Gasteiger partial charge in [-0.1, -0.05) is 66.0 Å². The van der Waals surface area contributed by atoms with E-state index in [1.807, 2.05) is 36.4 Å². The Labute approximate surface area is 157 Å². The van der Waals surface area contributed by atoms with Crippen molar-refractivity contribution in [2.75, 3.05) is 25.0 Å². The minimum Gasteiger partial charge on any atom is -0.390 e. The lowest BCUT2D eigenvalue weighted by Gasteiger charge is -2.35. The van der Waals surface area contributed by atoms with Crippen molar-refractivity contribution in [1.82, 2.24) is 9.88 Å². The van der Waals surface area contributed by atoms with Gasteiger partial charge < -0.3 is 10.4 Å². The molecule has 1 aliphatic rings. The molecule has 1 aliphatic heterocycles. The van der Waals surface area contributed by atoms with E-state index in [4.69, 9.17) is 0 Å². The predicted molar refractivity (Wildman–Crippen MR) is 110 cm³/mol.